The van der Waals surface area contributed by atoms with E-state index in [1.807, 2.05) is 0 Å². The SMILES string of the molecule is CP(=O)(O)OC[C@H]1O[C@@H](n2cnc3c(=O)[nH]c(N)nc32)C(O)C1O. The number of hydrogen-bond donors (Lipinski definition) is 5. The molecule has 3 rings (SSSR count). The summed E-state index contributed by atoms with van der Waals surface area (Å²) in [6.07, 6.45) is -3.73. The summed E-state index contributed by atoms with van der Waals surface area (Å²) in [5.41, 5.74) is 4.99. The van der Waals surface area contributed by atoms with Crippen molar-refractivity contribution in [3.05, 3.63) is 16.7 Å². The van der Waals surface area contributed by atoms with E-state index in [9.17, 15) is 19.6 Å². The Hall–Kier alpha value is -1.82. The number of nitrogens with two attached hydrogens (primary N) is 1. The number of nitrogen functional groups attached to an aromatic ring is 1. The van der Waals surface area contributed by atoms with Crippen LogP contribution in [0.15, 0.2) is 11.1 Å². The molecule has 3 unspecified atom stereocenters. The van der Waals surface area contributed by atoms with Crippen LogP contribution in [-0.4, -0.2) is 66.2 Å². The van der Waals surface area contributed by atoms with Gasteiger partial charge in [-0.2, -0.15) is 4.98 Å². The molecule has 1 aliphatic heterocycles. The number of aromatic nitrogens is 4. The molecule has 0 radical (unpaired) electrons. The van der Waals surface area contributed by atoms with Gasteiger partial charge in [0, 0.05) is 6.66 Å². The summed E-state index contributed by atoms with van der Waals surface area (Å²) in [7, 11) is -3.76. The molecular formula is C11H16N5O7P. The minimum atomic E-state index is -3.76. The van der Waals surface area contributed by atoms with Gasteiger partial charge in [-0.1, -0.05) is 0 Å². The molecule has 132 valence electrons. The van der Waals surface area contributed by atoms with Gasteiger partial charge in [-0.25, -0.2) is 4.98 Å². The molecule has 6 N–H and O–H groups in total. The van der Waals surface area contributed by atoms with E-state index < -0.39 is 44.3 Å². The fraction of sp³-hybridized carbons (Fsp3) is 0.545. The van der Waals surface area contributed by atoms with Crippen molar-refractivity contribution in [3.63, 3.8) is 0 Å². The van der Waals surface area contributed by atoms with Gasteiger partial charge in [0.05, 0.1) is 12.9 Å². The van der Waals surface area contributed by atoms with E-state index in [0.29, 0.717) is 0 Å². The number of hydrogen-bond acceptors (Lipinski definition) is 9. The third-order valence-corrected chi connectivity index (χ3v) is 4.17. The Kier molecular flexibility index (Phi) is 4.20. The number of imidazole rings is 1. The third kappa shape index (κ3) is 3.07. The first-order valence-corrected chi connectivity index (χ1v) is 8.88. The molecule has 2 aromatic rings. The minimum Gasteiger partial charge on any atom is -0.387 e. The monoisotopic (exact) mass is 361 g/mol. The summed E-state index contributed by atoms with van der Waals surface area (Å²) in [4.78, 5) is 31.0. The molecule has 3 heterocycles. The lowest BCUT2D eigenvalue weighted by molar-refractivity contribution is -0.0483. The molecule has 0 aliphatic carbocycles. The van der Waals surface area contributed by atoms with Gasteiger partial charge in [0.2, 0.25) is 5.95 Å². The Morgan fingerprint density at radius 3 is 2.88 bits per heavy atom. The van der Waals surface area contributed by atoms with Crippen LogP contribution >= 0.6 is 7.60 Å². The number of aliphatic hydroxyl groups excluding tert-OH is 2. The molecule has 0 spiro atoms. The zero-order valence-corrected chi connectivity index (χ0v) is 13.3. The second-order valence-electron chi connectivity index (χ2n) is 5.42. The van der Waals surface area contributed by atoms with Crippen LogP contribution in [-0.2, 0) is 13.8 Å². The van der Waals surface area contributed by atoms with Crippen molar-refractivity contribution in [3.8, 4) is 0 Å². The molecular weight excluding hydrogens is 345 g/mol. The summed E-state index contributed by atoms with van der Waals surface area (Å²) in [5.74, 6) is -0.144. The van der Waals surface area contributed by atoms with Gasteiger partial charge in [0.1, 0.15) is 18.3 Å². The molecule has 13 heteroatoms. The standard InChI is InChI=1S/C11H16N5O7P/c1-24(20,21)22-2-4-6(17)7(18)10(23-4)16-3-13-5-8(16)14-11(12)15-9(5)19/h3-4,6-7,10,17-18H,2H2,1H3,(H,20,21)(H3,12,14,15,19)/t4-,6?,7?,10-/m1/s1. The summed E-state index contributed by atoms with van der Waals surface area (Å²) in [6.45, 7) is 0.590. The number of ether oxygens (including phenoxy) is 1. The predicted octanol–water partition coefficient (Wildman–Crippen LogP) is -1.85. The molecule has 0 bridgehead atoms. The molecule has 12 nitrogen and oxygen atoms in total. The van der Waals surface area contributed by atoms with Crippen LogP contribution in [0.25, 0.3) is 11.2 Å². The number of anilines is 1. The maximum absolute atomic E-state index is 11.8. The third-order valence-electron chi connectivity index (χ3n) is 3.54. The van der Waals surface area contributed by atoms with Crippen molar-refractivity contribution in [1.29, 1.82) is 0 Å². The van der Waals surface area contributed by atoms with Crippen molar-refractivity contribution >= 4 is 24.7 Å². The van der Waals surface area contributed by atoms with E-state index in [-0.39, 0.29) is 17.1 Å². The average molecular weight is 361 g/mol. The van der Waals surface area contributed by atoms with Gasteiger partial charge < -0.3 is 30.1 Å². The predicted molar refractivity (Wildman–Crippen MR) is 80.2 cm³/mol. The van der Waals surface area contributed by atoms with Gasteiger partial charge in [-0.3, -0.25) is 18.9 Å². The normalized spacial score (nSPS) is 29.8. The van der Waals surface area contributed by atoms with Crippen LogP contribution in [0.5, 0.6) is 0 Å². The van der Waals surface area contributed by atoms with Gasteiger partial charge in [0.25, 0.3) is 5.56 Å². The smallest absolute Gasteiger partial charge is 0.325 e. The molecule has 0 aromatic carbocycles. The topological polar surface area (TPSA) is 186 Å². The molecule has 2 aromatic heterocycles. The molecule has 5 atom stereocenters. The Morgan fingerprint density at radius 2 is 2.21 bits per heavy atom. The van der Waals surface area contributed by atoms with Gasteiger partial charge >= 0.3 is 7.60 Å². The van der Waals surface area contributed by atoms with Gasteiger partial charge in [-0.15, -0.1) is 0 Å². The lowest BCUT2D eigenvalue weighted by Gasteiger charge is -2.16. The summed E-state index contributed by atoms with van der Waals surface area (Å²) >= 11 is 0. The van der Waals surface area contributed by atoms with Crippen LogP contribution in [0, 0.1) is 0 Å². The second-order valence-corrected chi connectivity index (χ2v) is 7.28. The molecule has 24 heavy (non-hydrogen) atoms. The fourth-order valence-corrected chi connectivity index (χ4v) is 2.86. The maximum Gasteiger partial charge on any atom is 0.325 e. The van der Waals surface area contributed by atoms with E-state index in [0.717, 1.165) is 6.66 Å². The van der Waals surface area contributed by atoms with Crippen molar-refractivity contribution in [2.45, 2.75) is 24.5 Å². The first kappa shape index (κ1) is 17.0. The Balaban J connectivity index is 1.90. The highest BCUT2D eigenvalue weighted by atomic mass is 31.2. The summed E-state index contributed by atoms with van der Waals surface area (Å²) < 4.78 is 22.6. The largest absolute Gasteiger partial charge is 0.387 e. The highest BCUT2D eigenvalue weighted by Gasteiger charge is 2.45. The Morgan fingerprint density at radius 1 is 1.50 bits per heavy atom. The number of nitrogens with zero attached hydrogens (tertiary/aromatic N) is 3. The van der Waals surface area contributed by atoms with Crippen LogP contribution in [0.4, 0.5) is 5.95 Å². The molecule has 1 aliphatic rings. The highest BCUT2D eigenvalue weighted by Crippen LogP contribution is 2.39. The van der Waals surface area contributed by atoms with Crippen molar-refractivity contribution in [2.24, 2.45) is 0 Å². The summed E-state index contributed by atoms with van der Waals surface area (Å²) in [5, 5.41) is 20.2. The number of rotatable bonds is 4. The zero-order valence-electron chi connectivity index (χ0n) is 12.4. The quantitative estimate of drug-likeness (QED) is 0.387. The molecule has 1 saturated heterocycles. The second kappa shape index (κ2) is 5.92. The minimum absolute atomic E-state index is 0.0115. The van der Waals surface area contributed by atoms with Crippen LogP contribution < -0.4 is 11.3 Å². The van der Waals surface area contributed by atoms with Crippen molar-refractivity contribution < 1.29 is 28.9 Å². The highest BCUT2D eigenvalue weighted by molar-refractivity contribution is 7.51. The molecule has 1 fully saturated rings. The maximum atomic E-state index is 11.8. The average Bonchev–Trinajstić information content (AvgIpc) is 3.00. The number of H-pyrrole nitrogens is 1. The van der Waals surface area contributed by atoms with E-state index in [2.05, 4.69) is 15.0 Å². The van der Waals surface area contributed by atoms with Crippen LogP contribution in [0.3, 0.4) is 0 Å². The Labute approximate surface area is 134 Å². The fourth-order valence-electron chi connectivity index (χ4n) is 2.44. The lowest BCUT2D eigenvalue weighted by Crippen LogP contribution is -2.33. The van der Waals surface area contributed by atoms with Gasteiger partial charge in [-0.05, 0) is 0 Å². The zero-order chi connectivity index (χ0) is 17.6. The van der Waals surface area contributed by atoms with E-state index in [4.69, 9.17) is 19.9 Å². The number of nitrogens with one attached hydrogen (secondary N) is 1. The molecule has 0 saturated carbocycles. The van der Waals surface area contributed by atoms with E-state index >= 15 is 0 Å². The first-order chi connectivity index (χ1) is 11.2. The van der Waals surface area contributed by atoms with Crippen LogP contribution in [0.2, 0.25) is 0 Å². The number of fused-ring (bicyclic) bond motifs is 1. The van der Waals surface area contributed by atoms with E-state index in [1.54, 1.807) is 0 Å². The summed E-state index contributed by atoms with van der Waals surface area (Å²) in [6, 6.07) is 0. The number of aromatic amines is 1. The first-order valence-electron chi connectivity index (χ1n) is 6.86. The van der Waals surface area contributed by atoms with Gasteiger partial charge in [0.15, 0.2) is 17.4 Å². The Bertz CT molecular complexity index is 860. The van der Waals surface area contributed by atoms with Crippen LogP contribution in [0.1, 0.15) is 6.23 Å². The van der Waals surface area contributed by atoms with Crippen molar-refractivity contribution in [1.82, 2.24) is 19.5 Å². The lowest BCUT2D eigenvalue weighted by atomic mass is 10.1. The van der Waals surface area contributed by atoms with Crippen molar-refractivity contribution in [2.75, 3.05) is 19.0 Å². The molecule has 0 amide bonds. The number of aliphatic hydroxyl groups is 2. The van der Waals surface area contributed by atoms with E-state index in [1.165, 1.54) is 10.9 Å².